The number of amides is 2. The first-order chi connectivity index (χ1) is 13.1. The van der Waals surface area contributed by atoms with Gasteiger partial charge in [-0.25, -0.2) is 4.79 Å². The number of carbonyl (C=O) groups is 2. The highest BCUT2D eigenvalue weighted by Gasteiger charge is 2.35. The van der Waals surface area contributed by atoms with Crippen molar-refractivity contribution < 1.29 is 14.7 Å². The van der Waals surface area contributed by atoms with E-state index in [1.54, 1.807) is 0 Å². The summed E-state index contributed by atoms with van der Waals surface area (Å²) >= 11 is 0. The molecule has 2 fully saturated rings. The van der Waals surface area contributed by atoms with Crippen LogP contribution in [0.1, 0.15) is 56.9 Å². The Morgan fingerprint density at radius 1 is 1.11 bits per heavy atom. The van der Waals surface area contributed by atoms with Crippen molar-refractivity contribution in [3.05, 3.63) is 35.9 Å². The largest absolute Gasteiger partial charge is 0.480 e. The predicted octanol–water partition coefficient (Wildman–Crippen LogP) is 2.95. The molecule has 0 heterocycles. The molecule has 6 heteroatoms. The van der Waals surface area contributed by atoms with Crippen molar-refractivity contribution in [1.82, 2.24) is 15.5 Å². The van der Waals surface area contributed by atoms with Gasteiger partial charge in [0.1, 0.15) is 0 Å². The summed E-state index contributed by atoms with van der Waals surface area (Å²) in [4.78, 5) is 25.4. The number of carboxylic acids is 1. The normalized spacial score (nSPS) is 27.6. The fraction of sp³-hybridized carbons (Fsp3) is 0.619. The molecule has 3 N–H and O–H groups in total. The Balaban J connectivity index is 1.47. The fourth-order valence-corrected chi connectivity index (χ4v) is 4.47. The molecular formula is C21H31N3O3. The molecule has 1 aromatic rings. The Morgan fingerprint density at radius 3 is 2.48 bits per heavy atom. The van der Waals surface area contributed by atoms with Crippen molar-refractivity contribution in [2.45, 2.75) is 69.5 Å². The van der Waals surface area contributed by atoms with Crippen molar-refractivity contribution in [1.29, 1.82) is 0 Å². The first kappa shape index (κ1) is 19.7. The second kappa shape index (κ2) is 9.22. The van der Waals surface area contributed by atoms with Gasteiger partial charge in [-0.1, -0.05) is 50.1 Å². The molecule has 6 nitrogen and oxygen atoms in total. The fourth-order valence-electron chi connectivity index (χ4n) is 4.47. The molecule has 2 aliphatic carbocycles. The maximum Gasteiger partial charge on any atom is 0.317 e. The highest BCUT2D eigenvalue weighted by molar-refractivity contribution is 5.75. The van der Waals surface area contributed by atoms with Crippen molar-refractivity contribution in [2.75, 3.05) is 13.1 Å². The summed E-state index contributed by atoms with van der Waals surface area (Å²) in [6.07, 6.45) is 6.13. The zero-order valence-electron chi connectivity index (χ0n) is 16.1. The number of carboxylic acid groups (broad SMARTS) is 1. The lowest BCUT2D eigenvalue weighted by atomic mass is 9.80. The highest BCUT2D eigenvalue weighted by atomic mass is 16.4. The monoisotopic (exact) mass is 373 g/mol. The van der Waals surface area contributed by atoms with Crippen LogP contribution in [0.2, 0.25) is 0 Å². The third-order valence-corrected chi connectivity index (χ3v) is 6.02. The zero-order valence-corrected chi connectivity index (χ0v) is 16.1. The molecule has 0 aliphatic heterocycles. The van der Waals surface area contributed by atoms with Crippen LogP contribution in [0.5, 0.6) is 0 Å². The molecule has 0 radical (unpaired) electrons. The number of aliphatic carboxylic acids is 1. The standard InChI is InChI=1S/C21H31N3O3/c1-2-24(14-20(25)26)17-12-16(13-17)22-21(27)23-19-11-7-6-10-18(19)15-8-4-3-5-9-15/h3-5,8-9,16-19H,2,6-7,10-14H2,1H3,(H,25,26)(H2,22,23,27). The Kier molecular flexibility index (Phi) is 6.72. The Bertz CT molecular complexity index is 631. The number of carbonyl (C=O) groups excluding carboxylic acids is 1. The van der Waals surface area contributed by atoms with Gasteiger partial charge in [-0.15, -0.1) is 0 Å². The summed E-state index contributed by atoms with van der Waals surface area (Å²) in [5.41, 5.74) is 1.30. The van der Waals surface area contributed by atoms with Gasteiger partial charge in [-0.05, 0) is 37.8 Å². The van der Waals surface area contributed by atoms with Crippen LogP contribution >= 0.6 is 0 Å². The molecular weight excluding hydrogens is 342 g/mol. The minimum Gasteiger partial charge on any atom is -0.480 e. The van der Waals surface area contributed by atoms with E-state index in [1.807, 2.05) is 17.9 Å². The summed E-state index contributed by atoms with van der Waals surface area (Å²) < 4.78 is 0. The lowest BCUT2D eigenvalue weighted by Crippen LogP contribution is -2.57. The number of hydrogen-bond acceptors (Lipinski definition) is 3. The number of nitrogens with zero attached hydrogens (tertiary/aromatic N) is 1. The van der Waals surface area contributed by atoms with E-state index in [-0.39, 0.29) is 30.7 Å². The smallest absolute Gasteiger partial charge is 0.317 e. The zero-order chi connectivity index (χ0) is 19.2. The minimum absolute atomic E-state index is 0.0704. The van der Waals surface area contributed by atoms with Crippen LogP contribution in [0.4, 0.5) is 4.79 Å². The predicted molar refractivity (Wildman–Crippen MR) is 105 cm³/mol. The first-order valence-electron chi connectivity index (χ1n) is 10.1. The Labute approximate surface area is 161 Å². The maximum atomic E-state index is 12.5. The summed E-state index contributed by atoms with van der Waals surface area (Å²) in [6, 6.07) is 10.9. The van der Waals surface area contributed by atoms with Crippen molar-refractivity contribution in [3.63, 3.8) is 0 Å². The van der Waals surface area contributed by atoms with E-state index in [0.29, 0.717) is 5.92 Å². The van der Waals surface area contributed by atoms with E-state index in [0.717, 1.165) is 38.6 Å². The molecule has 2 unspecified atom stereocenters. The van der Waals surface area contributed by atoms with Crippen LogP contribution in [0.25, 0.3) is 0 Å². The molecule has 27 heavy (non-hydrogen) atoms. The summed E-state index contributed by atoms with van der Waals surface area (Å²) in [5, 5.41) is 15.2. The Morgan fingerprint density at radius 2 is 1.81 bits per heavy atom. The summed E-state index contributed by atoms with van der Waals surface area (Å²) in [5.74, 6) is -0.416. The van der Waals surface area contributed by atoms with Gasteiger partial charge in [0.15, 0.2) is 0 Å². The van der Waals surface area contributed by atoms with E-state index in [2.05, 4.69) is 34.9 Å². The van der Waals surface area contributed by atoms with Crippen molar-refractivity contribution >= 4 is 12.0 Å². The van der Waals surface area contributed by atoms with Crippen LogP contribution in [0.3, 0.4) is 0 Å². The quantitative estimate of drug-likeness (QED) is 0.686. The molecule has 0 saturated heterocycles. The average molecular weight is 373 g/mol. The van der Waals surface area contributed by atoms with Crippen LogP contribution < -0.4 is 10.6 Å². The molecule has 148 valence electrons. The highest BCUT2D eigenvalue weighted by Crippen LogP contribution is 2.33. The molecule has 2 aliphatic rings. The number of urea groups is 1. The number of benzene rings is 1. The van der Waals surface area contributed by atoms with Crippen molar-refractivity contribution in [2.24, 2.45) is 0 Å². The number of likely N-dealkylation sites (N-methyl/N-ethyl adjacent to an activating group) is 1. The summed E-state index contributed by atoms with van der Waals surface area (Å²) in [7, 11) is 0. The van der Waals surface area contributed by atoms with Gasteiger partial charge < -0.3 is 15.7 Å². The van der Waals surface area contributed by atoms with Crippen LogP contribution in [0.15, 0.2) is 30.3 Å². The summed E-state index contributed by atoms with van der Waals surface area (Å²) in [6.45, 7) is 2.76. The molecule has 0 spiro atoms. The van der Waals surface area contributed by atoms with E-state index < -0.39 is 5.97 Å². The van der Waals surface area contributed by atoms with Crippen LogP contribution in [0, 0.1) is 0 Å². The first-order valence-corrected chi connectivity index (χ1v) is 10.1. The van der Waals surface area contributed by atoms with E-state index in [1.165, 1.54) is 12.0 Å². The van der Waals surface area contributed by atoms with Crippen molar-refractivity contribution in [3.8, 4) is 0 Å². The molecule has 2 saturated carbocycles. The SMILES string of the molecule is CCN(CC(=O)O)C1CC(NC(=O)NC2CCCCC2c2ccccc2)C1. The Hall–Kier alpha value is -2.08. The van der Waals surface area contributed by atoms with Gasteiger partial charge in [0, 0.05) is 24.0 Å². The number of rotatable bonds is 7. The molecule has 1 aromatic carbocycles. The maximum absolute atomic E-state index is 12.5. The topological polar surface area (TPSA) is 81.7 Å². The lowest BCUT2D eigenvalue weighted by molar-refractivity contribution is -0.139. The lowest BCUT2D eigenvalue weighted by Gasteiger charge is -2.42. The second-order valence-corrected chi connectivity index (χ2v) is 7.80. The molecule has 0 aromatic heterocycles. The molecule has 2 amide bonds. The third-order valence-electron chi connectivity index (χ3n) is 6.02. The average Bonchev–Trinajstić information content (AvgIpc) is 2.63. The second-order valence-electron chi connectivity index (χ2n) is 7.80. The van der Waals surface area contributed by atoms with Gasteiger partial charge in [-0.3, -0.25) is 9.69 Å². The molecule has 3 rings (SSSR count). The van der Waals surface area contributed by atoms with Crippen LogP contribution in [-0.2, 0) is 4.79 Å². The van der Waals surface area contributed by atoms with Gasteiger partial charge in [0.05, 0.1) is 6.54 Å². The number of nitrogens with one attached hydrogen (secondary N) is 2. The third kappa shape index (κ3) is 5.22. The van der Waals surface area contributed by atoms with Gasteiger partial charge in [0.25, 0.3) is 0 Å². The minimum atomic E-state index is -0.796. The van der Waals surface area contributed by atoms with E-state index >= 15 is 0 Å². The van der Waals surface area contributed by atoms with E-state index in [9.17, 15) is 9.59 Å². The molecule has 0 bridgehead atoms. The molecule has 2 atom stereocenters. The number of hydrogen-bond donors (Lipinski definition) is 3. The van der Waals surface area contributed by atoms with Gasteiger partial charge in [-0.2, -0.15) is 0 Å². The van der Waals surface area contributed by atoms with Gasteiger partial charge in [0.2, 0.25) is 0 Å². The van der Waals surface area contributed by atoms with Crippen LogP contribution in [-0.4, -0.2) is 53.2 Å². The van der Waals surface area contributed by atoms with E-state index in [4.69, 9.17) is 5.11 Å². The van der Waals surface area contributed by atoms with Gasteiger partial charge >= 0.3 is 12.0 Å².